The van der Waals surface area contributed by atoms with Gasteiger partial charge in [0, 0.05) is 57.8 Å². The maximum absolute atomic E-state index is 12.5. The molecule has 0 bridgehead atoms. The van der Waals surface area contributed by atoms with Gasteiger partial charge in [-0.25, -0.2) is 9.59 Å². The van der Waals surface area contributed by atoms with Crippen LogP contribution in [0.1, 0.15) is 30.9 Å². The summed E-state index contributed by atoms with van der Waals surface area (Å²) in [5.74, 6) is -0.529. The quantitative estimate of drug-likeness (QED) is 0.263. The number of hydrogen-bond donors (Lipinski definition) is 1. The summed E-state index contributed by atoms with van der Waals surface area (Å²) in [5.41, 5.74) is 7.19. The molecule has 0 aliphatic carbocycles. The Morgan fingerprint density at radius 2 is 1.50 bits per heavy atom. The van der Waals surface area contributed by atoms with Crippen molar-refractivity contribution in [1.82, 2.24) is 14.7 Å². The van der Waals surface area contributed by atoms with Gasteiger partial charge < -0.3 is 25.3 Å². The van der Waals surface area contributed by atoms with Gasteiger partial charge in [-0.1, -0.05) is 29.4 Å². The van der Waals surface area contributed by atoms with Crippen molar-refractivity contribution >= 4 is 29.8 Å². The van der Waals surface area contributed by atoms with Crippen LogP contribution in [0.5, 0.6) is 0 Å². The number of amidine groups is 1. The fourth-order valence-electron chi connectivity index (χ4n) is 3.43. The van der Waals surface area contributed by atoms with Gasteiger partial charge in [-0.05, 0) is 24.5 Å². The Morgan fingerprint density at radius 1 is 0.933 bits per heavy atom. The molecule has 0 saturated carbocycles. The Morgan fingerprint density at radius 3 is 2.10 bits per heavy atom. The fourth-order valence-corrected chi connectivity index (χ4v) is 3.43. The highest BCUT2D eigenvalue weighted by Gasteiger charge is 2.27. The van der Waals surface area contributed by atoms with Gasteiger partial charge >= 0.3 is 12.0 Å². The van der Waals surface area contributed by atoms with Crippen LogP contribution in [-0.2, 0) is 14.4 Å². The van der Waals surface area contributed by atoms with Gasteiger partial charge in [0.15, 0.2) is 5.84 Å². The normalized spacial score (nSPS) is 17.5. The molecule has 0 atom stereocenters. The van der Waals surface area contributed by atoms with Crippen LogP contribution < -0.4 is 5.73 Å². The van der Waals surface area contributed by atoms with Gasteiger partial charge in [-0.15, -0.1) is 0 Å². The van der Waals surface area contributed by atoms with E-state index in [1.165, 1.54) is 13.0 Å². The Kier molecular flexibility index (Phi) is 7.05. The number of oxime groups is 1. The lowest BCUT2D eigenvalue weighted by Gasteiger charge is -2.36. The highest BCUT2D eigenvalue weighted by Crippen LogP contribution is 2.13. The molecule has 2 heterocycles. The molecule has 0 unspecified atom stereocenters. The number of likely N-dealkylation sites (tertiary alicyclic amines) is 1. The van der Waals surface area contributed by atoms with E-state index in [0.29, 0.717) is 31.7 Å². The molecule has 2 aliphatic rings. The van der Waals surface area contributed by atoms with Crippen LogP contribution in [0, 0.1) is 0 Å². The first kappa shape index (κ1) is 21.4. The van der Waals surface area contributed by atoms with E-state index in [9.17, 15) is 14.4 Å². The van der Waals surface area contributed by atoms with Crippen molar-refractivity contribution in [3.8, 4) is 0 Å². The molecule has 2 N–H and O–H groups in total. The number of carbonyl (C=O) groups excluding carboxylic acids is 3. The van der Waals surface area contributed by atoms with E-state index in [4.69, 9.17) is 5.73 Å². The molecule has 1 aromatic rings. The predicted octanol–water partition coefficient (Wildman–Crippen LogP) is 1.24. The van der Waals surface area contributed by atoms with Crippen molar-refractivity contribution in [2.24, 2.45) is 10.9 Å². The van der Waals surface area contributed by atoms with Crippen LogP contribution in [0.2, 0.25) is 0 Å². The fraction of sp³-hybridized carbons (Fsp3) is 0.429. The number of piperazine rings is 1. The second kappa shape index (κ2) is 9.91. The van der Waals surface area contributed by atoms with Crippen molar-refractivity contribution < 1.29 is 19.2 Å². The zero-order chi connectivity index (χ0) is 21.5. The summed E-state index contributed by atoms with van der Waals surface area (Å²) in [5, 5.41) is 3.54. The zero-order valence-corrected chi connectivity index (χ0v) is 17.1. The number of benzene rings is 1. The summed E-state index contributed by atoms with van der Waals surface area (Å²) in [6, 6.07) is 7.14. The number of rotatable bonds is 4. The summed E-state index contributed by atoms with van der Waals surface area (Å²) in [7, 11) is 0. The molecule has 9 nitrogen and oxygen atoms in total. The Bertz CT molecular complexity index is 835. The molecular formula is C21H27N5O4. The first-order chi connectivity index (χ1) is 14.4. The zero-order valence-electron chi connectivity index (χ0n) is 17.1. The highest BCUT2D eigenvalue weighted by atomic mass is 16.7. The number of carbonyl (C=O) groups is 3. The number of hydrogen-bond acceptors (Lipinski definition) is 5. The summed E-state index contributed by atoms with van der Waals surface area (Å²) in [6.45, 7) is 5.10. The molecule has 3 rings (SSSR count). The maximum Gasteiger partial charge on any atom is 0.332 e. The van der Waals surface area contributed by atoms with Crippen molar-refractivity contribution in [2.75, 3.05) is 39.3 Å². The highest BCUT2D eigenvalue weighted by molar-refractivity contribution is 5.97. The standard InChI is InChI=1S/C21H27N5O4/c1-16(27)30-23-20(22)18-7-4-17(5-8-18)6-9-19(28)24-12-14-26(15-13-24)21(29)25-10-2-3-11-25/h4-9H,2-3,10-15H2,1H3,(H2,22,23)/b9-6+. The van der Waals surface area contributed by atoms with Gasteiger partial charge in [0.05, 0.1) is 0 Å². The summed E-state index contributed by atoms with van der Waals surface area (Å²) < 4.78 is 0. The van der Waals surface area contributed by atoms with Gasteiger partial charge in [0.2, 0.25) is 5.91 Å². The Labute approximate surface area is 175 Å². The molecule has 2 saturated heterocycles. The molecule has 0 radical (unpaired) electrons. The summed E-state index contributed by atoms with van der Waals surface area (Å²) in [6.07, 6.45) is 5.40. The van der Waals surface area contributed by atoms with Gasteiger partial charge in [-0.3, -0.25) is 4.79 Å². The topological polar surface area (TPSA) is 109 Å². The van der Waals surface area contributed by atoms with Crippen molar-refractivity contribution in [1.29, 1.82) is 0 Å². The first-order valence-electron chi connectivity index (χ1n) is 10.1. The van der Waals surface area contributed by atoms with E-state index in [0.717, 1.165) is 31.5 Å². The van der Waals surface area contributed by atoms with E-state index < -0.39 is 5.97 Å². The molecule has 0 spiro atoms. The number of urea groups is 1. The van der Waals surface area contributed by atoms with Crippen LogP contribution in [0.3, 0.4) is 0 Å². The predicted molar refractivity (Wildman–Crippen MR) is 112 cm³/mol. The Hall–Kier alpha value is -3.36. The average Bonchev–Trinajstić information content (AvgIpc) is 3.30. The SMILES string of the molecule is CC(=O)ON=C(N)c1ccc(/C=C/C(=O)N2CCN(C(=O)N3CCCC3)CC2)cc1. The maximum atomic E-state index is 12.5. The molecule has 160 valence electrons. The van der Waals surface area contributed by atoms with Crippen molar-refractivity contribution in [3.63, 3.8) is 0 Å². The number of nitrogens with two attached hydrogens (primary N) is 1. The van der Waals surface area contributed by atoms with E-state index in [1.807, 2.05) is 9.80 Å². The number of amides is 3. The Balaban J connectivity index is 1.49. The monoisotopic (exact) mass is 413 g/mol. The molecule has 2 aliphatic heterocycles. The molecule has 30 heavy (non-hydrogen) atoms. The molecule has 0 aromatic heterocycles. The lowest BCUT2D eigenvalue weighted by Crippen LogP contribution is -2.53. The van der Waals surface area contributed by atoms with Gasteiger partial charge in [0.25, 0.3) is 0 Å². The second-order valence-corrected chi connectivity index (χ2v) is 7.30. The summed E-state index contributed by atoms with van der Waals surface area (Å²) >= 11 is 0. The van der Waals surface area contributed by atoms with Crippen LogP contribution in [-0.4, -0.2) is 77.7 Å². The minimum absolute atomic E-state index is 0.0803. The second-order valence-electron chi connectivity index (χ2n) is 7.30. The molecule has 1 aromatic carbocycles. The minimum Gasteiger partial charge on any atom is -0.380 e. The van der Waals surface area contributed by atoms with Crippen LogP contribution in [0.4, 0.5) is 4.79 Å². The third-order valence-electron chi connectivity index (χ3n) is 5.14. The van der Waals surface area contributed by atoms with Gasteiger partial charge in [-0.2, -0.15) is 0 Å². The van der Waals surface area contributed by atoms with Gasteiger partial charge in [0.1, 0.15) is 0 Å². The molecular weight excluding hydrogens is 386 g/mol. The lowest BCUT2D eigenvalue weighted by molar-refractivity contribution is -0.141. The van der Waals surface area contributed by atoms with E-state index in [1.54, 1.807) is 35.2 Å². The third-order valence-corrected chi connectivity index (χ3v) is 5.14. The summed E-state index contributed by atoms with van der Waals surface area (Å²) in [4.78, 5) is 45.7. The van der Waals surface area contributed by atoms with E-state index >= 15 is 0 Å². The number of nitrogens with zero attached hydrogens (tertiary/aromatic N) is 4. The minimum atomic E-state index is -0.544. The van der Waals surface area contributed by atoms with Crippen LogP contribution in [0.25, 0.3) is 6.08 Å². The molecule has 9 heteroatoms. The van der Waals surface area contributed by atoms with Crippen molar-refractivity contribution in [3.05, 3.63) is 41.5 Å². The first-order valence-corrected chi connectivity index (χ1v) is 10.1. The van der Waals surface area contributed by atoms with E-state index in [2.05, 4.69) is 9.99 Å². The largest absolute Gasteiger partial charge is 0.380 e. The lowest BCUT2D eigenvalue weighted by atomic mass is 10.1. The smallest absolute Gasteiger partial charge is 0.332 e. The van der Waals surface area contributed by atoms with Crippen LogP contribution >= 0.6 is 0 Å². The molecule has 2 fully saturated rings. The third kappa shape index (κ3) is 5.59. The average molecular weight is 413 g/mol. The van der Waals surface area contributed by atoms with Crippen molar-refractivity contribution in [2.45, 2.75) is 19.8 Å². The van der Waals surface area contributed by atoms with E-state index in [-0.39, 0.29) is 17.8 Å². The van der Waals surface area contributed by atoms with Crippen LogP contribution in [0.15, 0.2) is 35.5 Å². The molecule has 3 amide bonds.